The molecule has 1 aromatic heterocycles. The minimum Gasteiger partial charge on any atom is -0.480 e. The Morgan fingerprint density at radius 1 is 1.29 bits per heavy atom. The van der Waals surface area contributed by atoms with Gasteiger partial charge in [-0.25, -0.2) is 4.79 Å². The number of fused-ring (bicyclic) bond motifs is 1. The van der Waals surface area contributed by atoms with E-state index >= 15 is 0 Å². The first-order chi connectivity index (χ1) is 13.2. The first-order valence-electron chi connectivity index (χ1n) is 8.40. The van der Waals surface area contributed by atoms with Crippen LogP contribution in [0.25, 0.3) is 0 Å². The van der Waals surface area contributed by atoms with Crippen LogP contribution >= 0.6 is 0 Å². The summed E-state index contributed by atoms with van der Waals surface area (Å²) < 4.78 is 43.2. The quantitative estimate of drug-likeness (QED) is 0.827. The van der Waals surface area contributed by atoms with Crippen LogP contribution in [0, 0.1) is 6.92 Å². The highest BCUT2D eigenvalue weighted by Gasteiger charge is 2.36. The summed E-state index contributed by atoms with van der Waals surface area (Å²) in [7, 11) is 0. The molecule has 1 N–H and O–H groups in total. The highest BCUT2D eigenvalue weighted by molar-refractivity contribution is 5.84. The second-order valence-electron chi connectivity index (χ2n) is 6.31. The number of benzene rings is 1. The number of aliphatic carboxylic acids is 1. The number of aromatic nitrogens is 3. The molecule has 8 nitrogen and oxygen atoms in total. The predicted octanol–water partition coefficient (Wildman–Crippen LogP) is 1.91. The Kier molecular flexibility index (Phi) is 5.25. The van der Waals surface area contributed by atoms with Crippen molar-refractivity contribution in [2.75, 3.05) is 0 Å². The Balaban J connectivity index is 1.73. The van der Waals surface area contributed by atoms with Gasteiger partial charge in [0.1, 0.15) is 17.6 Å². The zero-order valence-electron chi connectivity index (χ0n) is 14.8. The van der Waals surface area contributed by atoms with E-state index < -0.39 is 24.3 Å². The molecule has 1 aliphatic heterocycles. The standard InChI is InChI=1S/C17H17F3N4O4/c1-10-21-22-14-9-24(12(16(26)27)8-23(10)14)15(25)7-6-11-4-2-3-5-13(11)28-17(18,19)20/h2-5,12H,6-9H2,1H3,(H,26,27). The van der Waals surface area contributed by atoms with Crippen molar-refractivity contribution in [3.05, 3.63) is 41.5 Å². The van der Waals surface area contributed by atoms with Crippen LogP contribution in [-0.4, -0.2) is 49.1 Å². The zero-order valence-corrected chi connectivity index (χ0v) is 14.8. The maximum Gasteiger partial charge on any atom is 0.573 e. The van der Waals surface area contributed by atoms with E-state index in [4.69, 9.17) is 0 Å². The Morgan fingerprint density at radius 3 is 2.68 bits per heavy atom. The van der Waals surface area contributed by atoms with Crippen LogP contribution in [0.2, 0.25) is 0 Å². The largest absolute Gasteiger partial charge is 0.573 e. The topological polar surface area (TPSA) is 97.5 Å². The van der Waals surface area contributed by atoms with E-state index in [0.717, 1.165) is 0 Å². The van der Waals surface area contributed by atoms with Gasteiger partial charge in [-0.15, -0.1) is 23.4 Å². The minimum absolute atomic E-state index is 0.0169. The number of hydrogen-bond acceptors (Lipinski definition) is 5. The number of carboxylic acids is 1. The Bertz CT molecular complexity index is 897. The molecular formula is C17H17F3N4O4. The summed E-state index contributed by atoms with van der Waals surface area (Å²) >= 11 is 0. The van der Waals surface area contributed by atoms with Gasteiger partial charge in [-0.3, -0.25) is 4.79 Å². The molecule has 0 radical (unpaired) electrons. The van der Waals surface area contributed by atoms with E-state index in [1.165, 1.54) is 29.2 Å². The Labute approximate surface area is 157 Å². The average Bonchev–Trinajstić information content (AvgIpc) is 2.98. The normalized spacial score (nSPS) is 16.6. The highest BCUT2D eigenvalue weighted by Crippen LogP contribution is 2.27. The maximum atomic E-state index is 12.6. The molecule has 11 heteroatoms. The summed E-state index contributed by atoms with van der Waals surface area (Å²) in [5.74, 6) is -1.05. The van der Waals surface area contributed by atoms with Crippen molar-refractivity contribution in [2.24, 2.45) is 0 Å². The van der Waals surface area contributed by atoms with Crippen LogP contribution in [0.5, 0.6) is 5.75 Å². The van der Waals surface area contributed by atoms with E-state index in [1.54, 1.807) is 11.5 Å². The Hall–Kier alpha value is -3.11. The molecule has 0 aliphatic carbocycles. The maximum absolute atomic E-state index is 12.6. The molecule has 28 heavy (non-hydrogen) atoms. The SMILES string of the molecule is Cc1nnc2n1CC(C(=O)O)N(C(=O)CCc1ccccc1OC(F)(F)F)C2. The third kappa shape index (κ3) is 4.24. The van der Waals surface area contributed by atoms with Gasteiger partial charge in [0, 0.05) is 6.42 Å². The van der Waals surface area contributed by atoms with Gasteiger partial charge in [0.15, 0.2) is 5.82 Å². The number of ether oxygens (including phenoxy) is 1. The van der Waals surface area contributed by atoms with Crippen molar-refractivity contribution >= 4 is 11.9 Å². The zero-order chi connectivity index (χ0) is 20.5. The number of carboxylic acid groups (broad SMARTS) is 1. The van der Waals surface area contributed by atoms with E-state index in [1.807, 2.05) is 0 Å². The molecule has 1 aliphatic rings. The molecule has 0 fully saturated rings. The van der Waals surface area contributed by atoms with Crippen LogP contribution in [-0.2, 0) is 29.1 Å². The molecule has 1 atom stereocenters. The lowest BCUT2D eigenvalue weighted by atomic mass is 10.1. The number of carbonyl (C=O) groups is 2. The van der Waals surface area contributed by atoms with E-state index in [9.17, 15) is 27.9 Å². The van der Waals surface area contributed by atoms with Crippen LogP contribution in [0.15, 0.2) is 24.3 Å². The number of rotatable bonds is 5. The molecular weight excluding hydrogens is 381 g/mol. The van der Waals surface area contributed by atoms with Gasteiger partial charge in [0.2, 0.25) is 5.91 Å². The second-order valence-corrected chi connectivity index (χ2v) is 6.31. The third-order valence-corrected chi connectivity index (χ3v) is 4.47. The Morgan fingerprint density at radius 2 is 2.00 bits per heavy atom. The van der Waals surface area contributed by atoms with Crippen molar-refractivity contribution in [3.63, 3.8) is 0 Å². The fourth-order valence-electron chi connectivity index (χ4n) is 3.11. The molecule has 1 amide bonds. The summed E-state index contributed by atoms with van der Waals surface area (Å²) in [6.07, 6.45) is -5.04. The van der Waals surface area contributed by atoms with Crippen LogP contribution < -0.4 is 4.74 Å². The summed E-state index contributed by atoms with van der Waals surface area (Å²) in [5, 5.41) is 17.3. The molecule has 3 rings (SSSR count). The molecule has 1 unspecified atom stereocenters. The molecule has 2 aromatic rings. The van der Waals surface area contributed by atoms with Gasteiger partial charge in [0.05, 0.1) is 13.1 Å². The number of hydrogen-bond donors (Lipinski definition) is 1. The summed E-state index contributed by atoms with van der Waals surface area (Å²) in [5.41, 5.74) is 0.205. The van der Waals surface area contributed by atoms with E-state index in [2.05, 4.69) is 14.9 Å². The summed E-state index contributed by atoms with van der Waals surface area (Å²) in [6.45, 7) is 1.67. The number of aryl methyl sites for hydroxylation is 2. The fraction of sp³-hybridized carbons (Fsp3) is 0.412. The molecule has 150 valence electrons. The lowest BCUT2D eigenvalue weighted by molar-refractivity contribution is -0.274. The van der Waals surface area contributed by atoms with Crippen molar-refractivity contribution < 1.29 is 32.6 Å². The first kappa shape index (κ1) is 19.6. The van der Waals surface area contributed by atoms with E-state index in [0.29, 0.717) is 11.6 Å². The number of amides is 1. The second kappa shape index (κ2) is 7.49. The number of nitrogens with zero attached hydrogens (tertiary/aromatic N) is 4. The van der Waals surface area contributed by atoms with Gasteiger partial charge in [-0.1, -0.05) is 18.2 Å². The third-order valence-electron chi connectivity index (χ3n) is 4.47. The summed E-state index contributed by atoms with van der Waals surface area (Å²) in [6, 6.07) is 4.43. The van der Waals surface area contributed by atoms with Gasteiger partial charge in [-0.2, -0.15) is 0 Å². The number of halogens is 3. The average molecular weight is 398 g/mol. The van der Waals surface area contributed by atoms with Crippen molar-refractivity contribution in [2.45, 2.75) is 45.3 Å². The first-order valence-corrected chi connectivity index (χ1v) is 8.40. The van der Waals surface area contributed by atoms with Crippen LogP contribution in [0.4, 0.5) is 13.2 Å². The molecule has 2 heterocycles. The molecule has 0 bridgehead atoms. The number of alkyl halides is 3. The number of carbonyl (C=O) groups excluding carboxylic acids is 1. The van der Waals surface area contributed by atoms with Crippen molar-refractivity contribution in [1.82, 2.24) is 19.7 Å². The molecule has 0 spiro atoms. The fourth-order valence-corrected chi connectivity index (χ4v) is 3.11. The summed E-state index contributed by atoms with van der Waals surface area (Å²) in [4.78, 5) is 25.4. The van der Waals surface area contributed by atoms with Gasteiger partial charge >= 0.3 is 12.3 Å². The van der Waals surface area contributed by atoms with E-state index in [-0.39, 0.29) is 37.2 Å². The van der Waals surface area contributed by atoms with Gasteiger partial charge in [0.25, 0.3) is 0 Å². The highest BCUT2D eigenvalue weighted by atomic mass is 19.4. The molecule has 0 saturated heterocycles. The molecule has 0 saturated carbocycles. The smallest absolute Gasteiger partial charge is 0.480 e. The van der Waals surface area contributed by atoms with Crippen LogP contribution in [0.1, 0.15) is 23.6 Å². The molecule has 1 aromatic carbocycles. The monoisotopic (exact) mass is 398 g/mol. The number of para-hydroxylation sites is 1. The van der Waals surface area contributed by atoms with Crippen LogP contribution in [0.3, 0.4) is 0 Å². The van der Waals surface area contributed by atoms with Crippen molar-refractivity contribution in [3.8, 4) is 5.75 Å². The van der Waals surface area contributed by atoms with Gasteiger partial charge in [-0.05, 0) is 25.0 Å². The predicted molar refractivity (Wildman–Crippen MR) is 88.2 cm³/mol. The lowest BCUT2D eigenvalue weighted by Crippen LogP contribution is -2.50. The van der Waals surface area contributed by atoms with Crippen molar-refractivity contribution in [1.29, 1.82) is 0 Å². The van der Waals surface area contributed by atoms with Gasteiger partial charge < -0.3 is 19.3 Å². The lowest BCUT2D eigenvalue weighted by Gasteiger charge is -2.33. The minimum atomic E-state index is -4.84.